The summed E-state index contributed by atoms with van der Waals surface area (Å²) in [5.74, 6) is -6.97. The Labute approximate surface area is 323 Å². The molecule has 296 valence electrons. The molecule has 6 aliphatic carbocycles. The van der Waals surface area contributed by atoms with Gasteiger partial charge in [0.1, 0.15) is 22.9 Å². The van der Waals surface area contributed by atoms with E-state index in [-0.39, 0.29) is 56.2 Å². The van der Waals surface area contributed by atoms with Crippen molar-refractivity contribution in [3.63, 3.8) is 0 Å². The maximum atomic E-state index is 15.2. The standard InChI is InChI=1S/C44H57N3O8/c1-24(29(23-47-37(45)46)44(55)17-10-13-26(35(44)50)36(51)52)28-21-42(53)19-20-43(54)27(15-14-25-11-8-7-9-12-25)33-38(2,3)31(49)16-18-39(33,4)32-30(48)22-40(28,5)41(42,6)34(32)43/h7-9,11-12,14-15,19-20,24,26-29,33,53-55H,10,13,16-18,21-23H2,1-6H3,(H,51,52)(H4,45,46,47)/t24-,26+,27+,28-,29-,33-,39+,40+,41-,42+,43-,44+/m0/s1. The van der Waals surface area contributed by atoms with Crippen molar-refractivity contribution in [3.8, 4) is 0 Å². The number of aliphatic hydroxyl groups is 3. The normalized spacial score (nSPS) is 42.8. The number of rotatable bonds is 8. The second-order valence-corrected chi connectivity index (χ2v) is 18.9. The molecule has 6 aliphatic rings. The number of Topliss-reactive ketones (excluding diaryl/α,β-unsaturated/α-hetero) is 3. The van der Waals surface area contributed by atoms with E-state index in [1.807, 2.05) is 77.1 Å². The highest BCUT2D eigenvalue weighted by atomic mass is 16.4. The summed E-state index contributed by atoms with van der Waals surface area (Å²) in [6.45, 7) is 11.5. The topological polar surface area (TPSA) is 214 Å². The average Bonchev–Trinajstić information content (AvgIpc) is 3.29. The van der Waals surface area contributed by atoms with Gasteiger partial charge in [0.15, 0.2) is 17.5 Å². The van der Waals surface area contributed by atoms with Gasteiger partial charge in [-0.05, 0) is 72.5 Å². The van der Waals surface area contributed by atoms with Gasteiger partial charge in [-0.1, -0.05) is 90.1 Å². The van der Waals surface area contributed by atoms with E-state index >= 15 is 4.79 Å². The number of carbonyl (C=O) groups excluding carboxylic acids is 3. The van der Waals surface area contributed by atoms with E-state index in [9.17, 15) is 34.8 Å². The van der Waals surface area contributed by atoms with Crippen LogP contribution in [-0.4, -0.2) is 73.1 Å². The van der Waals surface area contributed by atoms with Crippen LogP contribution in [0.3, 0.4) is 0 Å². The first-order chi connectivity index (χ1) is 25.5. The SMILES string of the molecule is C[C@H]([C@H](CN=C(N)N)[C@]1(O)CCC[C@@H](C(=O)O)C1=O)[C@@H]1C[C@]2(O)C=C[C@@]3(O)C4=C(C(=O)C[C@@]1(C)[C@]42C)[C@@]1(C)CCC(=O)C(C)(C)[C@@H]1[C@H]3C=Cc1ccccc1. The third-order valence-electron chi connectivity index (χ3n) is 16.2. The zero-order chi connectivity index (χ0) is 40.3. The Balaban J connectivity index is 1.43. The fourth-order valence-electron chi connectivity index (χ4n) is 13.3. The molecule has 0 unspecified atom stereocenters. The lowest BCUT2D eigenvalue weighted by molar-refractivity contribution is -0.168. The van der Waals surface area contributed by atoms with Gasteiger partial charge < -0.3 is 31.9 Å². The highest BCUT2D eigenvalue weighted by Gasteiger charge is 2.79. The van der Waals surface area contributed by atoms with Crippen molar-refractivity contribution in [1.82, 2.24) is 0 Å². The average molecular weight is 756 g/mol. The van der Waals surface area contributed by atoms with Crippen molar-refractivity contribution in [3.05, 3.63) is 65.3 Å². The summed E-state index contributed by atoms with van der Waals surface area (Å²) in [6.07, 6.45) is 8.57. The van der Waals surface area contributed by atoms with Crippen LogP contribution >= 0.6 is 0 Å². The second-order valence-electron chi connectivity index (χ2n) is 18.9. The van der Waals surface area contributed by atoms with Crippen LogP contribution in [0, 0.1) is 57.2 Å². The minimum atomic E-state index is -2.08. The number of carboxylic acids is 1. The Hall–Kier alpha value is -3.93. The van der Waals surface area contributed by atoms with Crippen LogP contribution in [0.4, 0.5) is 0 Å². The second kappa shape index (κ2) is 12.5. The van der Waals surface area contributed by atoms with Gasteiger partial charge in [-0.25, -0.2) is 0 Å². The summed E-state index contributed by atoms with van der Waals surface area (Å²) in [4.78, 5) is 59.3. The molecule has 3 fully saturated rings. The highest BCUT2D eigenvalue weighted by Crippen LogP contribution is 2.78. The van der Waals surface area contributed by atoms with Gasteiger partial charge >= 0.3 is 5.97 Å². The number of benzene rings is 1. The number of carboxylic acid groups (broad SMARTS) is 1. The van der Waals surface area contributed by atoms with Crippen molar-refractivity contribution in [1.29, 1.82) is 0 Å². The highest BCUT2D eigenvalue weighted by molar-refractivity contribution is 6.04. The van der Waals surface area contributed by atoms with Crippen LogP contribution in [-0.2, 0) is 19.2 Å². The van der Waals surface area contributed by atoms with Crippen LogP contribution in [0.5, 0.6) is 0 Å². The fraction of sp³-hybridized carbons (Fsp3) is 0.614. The minimum Gasteiger partial charge on any atom is -0.481 e. The lowest BCUT2D eigenvalue weighted by Gasteiger charge is -2.68. The fourth-order valence-corrected chi connectivity index (χ4v) is 13.3. The molecule has 0 amide bonds. The van der Waals surface area contributed by atoms with E-state index in [0.29, 0.717) is 24.0 Å². The third-order valence-corrected chi connectivity index (χ3v) is 16.2. The molecule has 11 nitrogen and oxygen atoms in total. The Kier molecular flexibility index (Phi) is 8.96. The summed E-state index contributed by atoms with van der Waals surface area (Å²) >= 11 is 0. The first-order valence-corrected chi connectivity index (χ1v) is 19.8. The smallest absolute Gasteiger partial charge is 0.314 e. The number of ketones is 3. The molecule has 0 saturated heterocycles. The molecule has 8 N–H and O–H groups in total. The van der Waals surface area contributed by atoms with E-state index in [4.69, 9.17) is 11.5 Å². The molecule has 0 aliphatic heterocycles. The largest absolute Gasteiger partial charge is 0.481 e. The van der Waals surface area contributed by atoms with E-state index in [0.717, 1.165) is 5.56 Å². The monoisotopic (exact) mass is 755 g/mol. The molecule has 0 aromatic heterocycles. The molecule has 0 bridgehead atoms. The van der Waals surface area contributed by atoms with Crippen LogP contribution in [0.25, 0.3) is 6.08 Å². The number of nitrogens with zero attached hydrogens (tertiary/aromatic N) is 1. The number of fused-ring (bicyclic) bond motifs is 2. The van der Waals surface area contributed by atoms with E-state index in [1.54, 1.807) is 12.2 Å². The molecule has 0 spiro atoms. The first-order valence-electron chi connectivity index (χ1n) is 19.8. The van der Waals surface area contributed by atoms with E-state index in [1.165, 1.54) is 0 Å². The molecule has 0 heterocycles. The van der Waals surface area contributed by atoms with Gasteiger partial charge in [-0.15, -0.1) is 0 Å². The zero-order valence-electron chi connectivity index (χ0n) is 32.8. The molecule has 1 aromatic carbocycles. The third kappa shape index (κ3) is 5.14. The predicted octanol–water partition coefficient (Wildman–Crippen LogP) is 4.39. The number of aliphatic carboxylic acids is 1. The number of allylic oxidation sites excluding steroid dienone is 1. The molecular weight excluding hydrogens is 698 g/mol. The van der Waals surface area contributed by atoms with Crippen molar-refractivity contribution in [2.24, 2.45) is 73.6 Å². The van der Waals surface area contributed by atoms with E-state index < -0.39 is 85.7 Å². The van der Waals surface area contributed by atoms with E-state index in [2.05, 4.69) is 11.9 Å². The Morgan fingerprint density at radius 3 is 2.31 bits per heavy atom. The summed E-state index contributed by atoms with van der Waals surface area (Å²) in [5, 5.41) is 48.8. The van der Waals surface area contributed by atoms with Crippen LogP contribution < -0.4 is 11.5 Å². The Morgan fingerprint density at radius 1 is 1.00 bits per heavy atom. The lowest BCUT2D eigenvalue weighted by Crippen LogP contribution is -2.69. The number of guanidine groups is 1. The molecule has 7 rings (SSSR count). The summed E-state index contributed by atoms with van der Waals surface area (Å²) < 4.78 is 0. The summed E-state index contributed by atoms with van der Waals surface area (Å²) in [6, 6.07) is 9.72. The van der Waals surface area contributed by atoms with Crippen LogP contribution in [0.15, 0.2) is 64.7 Å². The molecule has 12 atom stereocenters. The predicted molar refractivity (Wildman–Crippen MR) is 207 cm³/mol. The Bertz CT molecular complexity index is 1970. The Morgan fingerprint density at radius 2 is 1.67 bits per heavy atom. The van der Waals surface area contributed by atoms with Gasteiger partial charge in [-0.2, -0.15) is 0 Å². The van der Waals surface area contributed by atoms with Crippen molar-refractivity contribution < 1.29 is 39.6 Å². The molecular formula is C44H57N3O8. The van der Waals surface area contributed by atoms with Crippen LogP contribution in [0.1, 0.15) is 92.1 Å². The van der Waals surface area contributed by atoms with Crippen molar-refractivity contribution in [2.75, 3.05) is 6.54 Å². The number of hydrogen-bond acceptors (Lipinski definition) is 8. The van der Waals surface area contributed by atoms with Gasteiger partial charge in [0.25, 0.3) is 0 Å². The summed E-state index contributed by atoms with van der Waals surface area (Å²) in [5.41, 5.74) is 4.16. The minimum absolute atomic E-state index is 0.0178. The zero-order valence-corrected chi connectivity index (χ0v) is 32.8. The van der Waals surface area contributed by atoms with Gasteiger partial charge in [-0.3, -0.25) is 24.2 Å². The molecule has 3 saturated carbocycles. The molecule has 1 aromatic rings. The summed E-state index contributed by atoms with van der Waals surface area (Å²) in [7, 11) is 0. The first kappa shape index (κ1) is 39.3. The number of aliphatic imine (C=N–C) groups is 1. The van der Waals surface area contributed by atoms with Gasteiger partial charge in [0, 0.05) is 53.0 Å². The maximum absolute atomic E-state index is 15.2. The molecule has 11 heteroatoms. The number of hydrogen-bond donors (Lipinski definition) is 6. The number of carbonyl (C=O) groups is 4. The van der Waals surface area contributed by atoms with Gasteiger partial charge in [0.05, 0.1) is 5.60 Å². The van der Waals surface area contributed by atoms with Crippen LogP contribution in [0.2, 0.25) is 0 Å². The quantitative estimate of drug-likeness (QED) is 0.0953. The van der Waals surface area contributed by atoms with Gasteiger partial charge in [0.2, 0.25) is 0 Å². The maximum Gasteiger partial charge on any atom is 0.314 e. The number of nitrogens with two attached hydrogens (primary N) is 2. The molecule has 55 heavy (non-hydrogen) atoms. The lowest BCUT2D eigenvalue weighted by atomic mass is 9.36. The van der Waals surface area contributed by atoms with Crippen molar-refractivity contribution >= 4 is 35.4 Å². The molecule has 0 radical (unpaired) electrons. The van der Waals surface area contributed by atoms with Crippen molar-refractivity contribution in [2.45, 2.75) is 103 Å².